The molecule has 162 valence electrons. The number of carbonyl (C=O) groups is 3. The molecule has 0 bridgehead atoms. The second-order valence-corrected chi connectivity index (χ2v) is 7.99. The number of nitrogens with zero attached hydrogens (tertiary/aromatic N) is 2. The van der Waals surface area contributed by atoms with Gasteiger partial charge in [0, 0.05) is 24.2 Å². The Morgan fingerprint density at radius 3 is 2.45 bits per heavy atom. The minimum absolute atomic E-state index is 0.127. The molecule has 0 spiro atoms. The molecule has 3 aromatic rings. The molecule has 8 nitrogen and oxygen atoms in total. The van der Waals surface area contributed by atoms with E-state index in [-0.39, 0.29) is 12.1 Å². The van der Waals surface area contributed by atoms with Gasteiger partial charge >= 0.3 is 12.1 Å². The van der Waals surface area contributed by atoms with Crippen LogP contribution in [0.25, 0.3) is 10.9 Å². The van der Waals surface area contributed by atoms with Crippen molar-refractivity contribution in [1.82, 2.24) is 14.9 Å². The highest BCUT2D eigenvalue weighted by Crippen LogP contribution is 2.24. The smallest absolute Gasteiger partial charge is 0.419 e. The average Bonchev–Trinajstić information content (AvgIpc) is 3.11. The monoisotopic (exact) mass is 423 g/mol. The van der Waals surface area contributed by atoms with E-state index in [0.717, 1.165) is 5.39 Å². The van der Waals surface area contributed by atoms with Gasteiger partial charge < -0.3 is 14.8 Å². The molecule has 0 fully saturated rings. The summed E-state index contributed by atoms with van der Waals surface area (Å²) >= 11 is 0. The molecule has 3 rings (SSSR count). The molecular formula is C23H25N3O5. The zero-order valence-corrected chi connectivity index (χ0v) is 17.9. The largest absolute Gasteiger partial charge is 0.467 e. The number of rotatable bonds is 5. The lowest BCUT2D eigenvalue weighted by atomic mass is 10.0. The Balaban J connectivity index is 1.92. The molecule has 31 heavy (non-hydrogen) atoms. The SMILES string of the molecule is COC(=O)[C@H](Cc1cn(C(=O)OC(C)(C)C)c2ccccc12)NC(=O)c1ccccn1. The van der Waals surface area contributed by atoms with Crippen LogP contribution in [0.5, 0.6) is 0 Å². The van der Waals surface area contributed by atoms with Gasteiger partial charge in [-0.05, 0) is 44.5 Å². The number of carbonyl (C=O) groups excluding carboxylic acids is 3. The molecule has 0 radical (unpaired) electrons. The van der Waals surface area contributed by atoms with Gasteiger partial charge in [-0.1, -0.05) is 24.3 Å². The van der Waals surface area contributed by atoms with Crippen molar-refractivity contribution in [2.24, 2.45) is 0 Å². The molecule has 1 atom stereocenters. The van der Waals surface area contributed by atoms with E-state index in [1.165, 1.54) is 17.9 Å². The lowest BCUT2D eigenvalue weighted by Crippen LogP contribution is -2.43. The number of nitrogens with one attached hydrogen (secondary N) is 1. The van der Waals surface area contributed by atoms with Gasteiger partial charge in [-0.25, -0.2) is 9.59 Å². The van der Waals surface area contributed by atoms with Crippen LogP contribution in [0.15, 0.2) is 54.9 Å². The summed E-state index contributed by atoms with van der Waals surface area (Å²) in [5, 5.41) is 3.45. The second-order valence-electron chi connectivity index (χ2n) is 7.99. The quantitative estimate of drug-likeness (QED) is 0.632. The van der Waals surface area contributed by atoms with E-state index in [1.54, 1.807) is 51.2 Å². The first-order valence-electron chi connectivity index (χ1n) is 9.81. The van der Waals surface area contributed by atoms with Crippen LogP contribution >= 0.6 is 0 Å². The highest BCUT2D eigenvalue weighted by Gasteiger charge is 2.26. The first-order chi connectivity index (χ1) is 14.7. The van der Waals surface area contributed by atoms with Crippen molar-refractivity contribution in [1.29, 1.82) is 0 Å². The summed E-state index contributed by atoms with van der Waals surface area (Å²) in [5.74, 6) is -1.09. The van der Waals surface area contributed by atoms with Crippen molar-refractivity contribution in [3.05, 3.63) is 66.1 Å². The first kappa shape index (κ1) is 22.0. The summed E-state index contributed by atoms with van der Waals surface area (Å²) < 4.78 is 11.8. The van der Waals surface area contributed by atoms with Crippen molar-refractivity contribution in [2.45, 2.75) is 38.8 Å². The molecule has 1 aromatic carbocycles. The number of hydrogen-bond acceptors (Lipinski definition) is 6. The van der Waals surface area contributed by atoms with Crippen LogP contribution in [0, 0.1) is 0 Å². The summed E-state index contributed by atoms with van der Waals surface area (Å²) in [6, 6.07) is 11.3. The van der Waals surface area contributed by atoms with Crippen LogP contribution in [0.3, 0.4) is 0 Å². The predicted octanol–water partition coefficient (Wildman–Crippen LogP) is 3.33. The van der Waals surface area contributed by atoms with Crippen molar-refractivity contribution in [2.75, 3.05) is 7.11 Å². The zero-order chi connectivity index (χ0) is 22.6. The number of pyridine rings is 1. The van der Waals surface area contributed by atoms with E-state index in [4.69, 9.17) is 9.47 Å². The Bertz CT molecular complexity index is 1100. The third-order valence-corrected chi connectivity index (χ3v) is 4.50. The predicted molar refractivity (Wildman–Crippen MR) is 115 cm³/mol. The summed E-state index contributed by atoms with van der Waals surface area (Å²) in [5.41, 5.74) is 0.866. The fraction of sp³-hybridized carbons (Fsp3) is 0.304. The molecule has 0 saturated heterocycles. The number of para-hydroxylation sites is 1. The summed E-state index contributed by atoms with van der Waals surface area (Å²) in [7, 11) is 1.26. The number of aromatic nitrogens is 2. The summed E-state index contributed by atoms with van der Waals surface area (Å²) in [6.07, 6.45) is 2.72. The van der Waals surface area contributed by atoms with Gasteiger partial charge in [-0.2, -0.15) is 0 Å². The first-order valence-corrected chi connectivity index (χ1v) is 9.81. The van der Waals surface area contributed by atoms with E-state index >= 15 is 0 Å². The van der Waals surface area contributed by atoms with Gasteiger partial charge in [0.15, 0.2) is 0 Å². The molecule has 2 heterocycles. The molecule has 8 heteroatoms. The number of ether oxygens (including phenoxy) is 2. The molecule has 0 aliphatic carbocycles. The van der Waals surface area contributed by atoms with Gasteiger partial charge in [0.05, 0.1) is 12.6 Å². The topological polar surface area (TPSA) is 99.5 Å². The van der Waals surface area contributed by atoms with E-state index < -0.39 is 29.6 Å². The lowest BCUT2D eigenvalue weighted by Gasteiger charge is -2.19. The van der Waals surface area contributed by atoms with Gasteiger partial charge in [0.25, 0.3) is 5.91 Å². The minimum atomic E-state index is -0.961. The van der Waals surface area contributed by atoms with Crippen LogP contribution in [0.4, 0.5) is 4.79 Å². The van der Waals surface area contributed by atoms with Gasteiger partial charge in [0.1, 0.15) is 17.3 Å². The third kappa shape index (κ3) is 5.28. The summed E-state index contributed by atoms with van der Waals surface area (Å²) in [4.78, 5) is 41.6. The molecular weight excluding hydrogens is 398 g/mol. The van der Waals surface area contributed by atoms with Crippen molar-refractivity contribution >= 4 is 28.9 Å². The average molecular weight is 423 g/mol. The highest BCUT2D eigenvalue weighted by atomic mass is 16.6. The Kier molecular flexibility index (Phi) is 6.39. The van der Waals surface area contributed by atoms with E-state index in [0.29, 0.717) is 11.1 Å². The second kappa shape index (κ2) is 8.99. The third-order valence-electron chi connectivity index (χ3n) is 4.50. The van der Waals surface area contributed by atoms with Crippen LogP contribution in [-0.2, 0) is 20.7 Å². The molecule has 0 aliphatic rings. The standard InChI is InChI=1S/C23H25N3O5/c1-23(2,3)31-22(29)26-14-15(16-9-5-6-11-19(16)26)13-18(21(28)30-4)25-20(27)17-10-7-8-12-24-17/h5-12,14,18H,13H2,1-4H3,(H,25,27)/t18-/m0/s1. The fourth-order valence-corrected chi connectivity index (χ4v) is 3.16. The van der Waals surface area contributed by atoms with Gasteiger partial charge in [0.2, 0.25) is 0 Å². The Morgan fingerprint density at radius 2 is 1.81 bits per heavy atom. The van der Waals surface area contributed by atoms with E-state index in [9.17, 15) is 14.4 Å². The Morgan fingerprint density at radius 1 is 1.10 bits per heavy atom. The van der Waals surface area contributed by atoms with Crippen molar-refractivity contribution < 1.29 is 23.9 Å². The molecule has 1 N–H and O–H groups in total. The van der Waals surface area contributed by atoms with E-state index in [1.807, 2.05) is 18.2 Å². The number of methoxy groups -OCH3 is 1. The zero-order valence-electron chi connectivity index (χ0n) is 17.9. The van der Waals surface area contributed by atoms with Crippen LogP contribution < -0.4 is 5.32 Å². The van der Waals surface area contributed by atoms with Crippen molar-refractivity contribution in [3.63, 3.8) is 0 Å². The number of benzene rings is 1. The maximum absolute atomic E-state index is 12.7. The molecule has 1 amide bonds. The number of fused-ring (bicyclic) bond motifs is 1. The van der Waals surface area contributed by atoms with Crippen LogP contribution in [0.2, 0.25) is 0 Å². The van der Waals surface area contributed by atoms with Crippen LogP contribution in [0.1, 0.15) is 36.8 Å². The maximum atomic E-state index is 12.7. The maximum Gasteiger partial charge on any atom is 0.419 e. The number of amides is 1. The fourth-order valence-electron chi connectivity index (χ4n) is 3.16. The van der Waals surface area contributed by atoms with Gasteiger partial charge in [-0.15, -0.1) is 0 Å². The molecule has 2 aromatic heterocycles. The minimum Gasteiger partial charge on any atom is -0.467 e. The lowest BCUT2D eigenvalue weighted by molar-refractivity contribution is -0.142. The molecule has 0 unspecified atom stereocenters. The molecule has 0 aliphatic heterocycles. The summed E-state index contributed by atoms with van der Waals surface area (Å²) in [6.45, 7) is 5.37. The highest BCUT2D eigenvalue weighted by molar-refractivity contribution is 5.96. The van der Waals surface area contributed by atoms with Crippen molar-refractivity contribution in [3.8, 4) is 0 Å². The molecule has 0 saturated carbocycles. The Labute approximate surface area is 180 Å². The van der Waals surface area contributed by atoms with Gasteiger partial charge in [-0.3, -0.25) is 14.3 Å². The van der Waals surface area contributed by atoms with Crippen LogP contribution in [-0.4, -0.2) is 46.3 Å². The normalized spacial score (nSPS) is 12.3. The Hall–Kier alpha value is -3.68. The number of hydrogen-bond donors (Lipinski definition) is 1. The van der Waals surface area contributed by atoms with E-state index in [2.05, 4.69) is 10.3 Å². The number of esters is 1.